The van der Waals surface area contributed by atoms with Gasteiger partial charge in [-0.1, -0.05) is 0 Å². The number of alkyl halides is 7. The Morgan fingerprint density at radius 2 is 1.25 bits per heavy atom. The maximum atomic E-state index is 12.9. The van der Waals surface area contributed by atoms with Gasteiger partial charge in [-0.25, -0.2) is 0 Å². The van der Waals surface area contributed by atoms with Gasteiger partial charge in [-0.15, -0.1) is 0 Å². The van der Waals surface area contributed by atoms with E-state index in [1.54, 1.807) is 0 Å². The highest BCUT2D eigenvalue weighted by Crippen LogP contribution is 2.47. The maximum absolute atomic E-state index is 12.9. The third-order valence-electron chi connectivity index (χ3n) is 2.32. The molecule has 0 atom stereocenters. The van der Waals surface area contributed by atoms with E-state index in [2.05, 4.69) is 0 Å². The third-order valence-corrected chi connectivity index (χ3v) is 4.82. The van der Waals surface area contributed by atoms with E-state index in [0.717, 1.165) is 0 Å². The first kappa shape index (κ1) is 13.9. The molecule has 0 radical (unpaired) electrons. The molecule has 1 heterocycles. The van der Waals surface area contributed by atoms with Crippen molar-refractivity contribution in [2.45, 2.75) is 30.9 Å². The van der Waals surface area contributed by atoms with E-state index in [4.69, 9.17) is 0 Å². The fourth-order valence-electron chi connectivity index (χ4n) is 1.41. The first-order chi connectivity index (χ1) is 7.08. The largest absolute Gasteiger partial charge is 0.460 e. The molecule has 0 aromatic heterocycles. The standard InChI is InChI=1S/C8H10F7S/c9-6(10,5-16-3-1-2-4-16)7(11,12)8(13,14)15/h1-5H2/q+1. The van der Waals surface area contributed by atoms with Gasteiger partial charge in [0.2, 0.25) is 0 Å². The molecule has 0 bridgehead atoms. The van der Waals surface area contributed by atoms with Crippen LogP contribution in [0.25, 0.3) is 0 Å². The van der Waals surface area contributed by atoms with Crippen molar-refractivity contribution >= 4 is 10.9 Å². The predicted octanol–water partition coefficient (Wildman–Crippen LogP) is 3.23. The number of halogens is 7. The average Bonchev–Trinajstić information content (AvgIpc) is 2.53. The minimum absolute atomic E-state index is 0.323. The van der Waals surface area contributed by atoms with Gasteiger partial charge < -0.3 is 0 Å². The van der Waals surface area contributed by atoms with Crippen LogP contribution in [0.1, 0.15) is 12.8 Å². The fourth-order valence-corrected chi connectivity index (χ4v) is 3.82. The Hall–Kier alpha value is -0.140. The summed E-state index contributed by atoms with van der Waals surface area (Å²) in [6.45, 7) is 0. The smallest absolute Gasteiger partial charge is 0.194 e. The zero-order chi connectivity index (χ0) is 12.6. The van der Waals surface area contributed by atoms with E-state index in [1.165, 1.54) is 0 Å². The molecule has 0 spiro atoms. The van der Waals surface area contributed by atoms with Crippen molar-refractivity contribution in [2.75, 3.05) is 17.3 Å². The zero-order valence-corrected chi connectivity index (χ0v) is 8.91. The van der Waals surface area contributed by atoms with Crippen molar-refractivity contribution in [1.29, 1.82) is 0 Å². The molecule has 1 aliphatic heterocycles. The summed E-state index contributed by atoms with van der Waals surface area (Å²) in [5, 5.41) is 0. The van der Waals surface area contributed by atoms with Crippen LogP contribution in [0.4, 0.5) is 30.7 Å². The summed E-state index contributed by atoms with van der Waals surface area (Å²) in [7, 11) is -1.01. The molecule has 8 heteroatoms. The summed E-state index contributed by atoms with van der Waals surface area (Å²) in [6.07, 6.45) is -4.95. The highest BCUT2D eigenvalue weighted by atomic mass is 32.2. The molecule has 1 aliphatic rings. The average molecular weight is 271 g/mol. The van der Waals surface area contributed by atoms with Crippen molar-refractivity contribution in [3.05, 3.63) is 0 Å². The zero-order valence-electron chi connectivity index (χ0n) is 8.09. The molecule has 0 aromatic rings. The van der Waals surface area contributed by atoms with E-state index in [1.807, 2.05) is 0 Å². The minimum atomic E-state index is -6.19. The number of hydrogen-bond donors (Lipinski definition) is 0. The van der Waals surface area contributed by atoms with Crippen LogP contribution in [0.5, 0.6) is 0 Å². The molecule has 0 saturated carbocycles. The molecule has 0 nitrogen and oxygen atoms in total. The van der Waals surface area contributed by atoms with E-state index in [9.17, 15) is 30.7 Å². The van der Waals surface area contributed by atoms with Crippen LogP contribution < -0.4 is 0 Å². The quantitative estimate of drug-likeness (QED) is 0.546. The fraction of sp³-hybridized carbons (Fsp3) is 1.00. The Kier molecular flexibility index (Phi) is 3.71. The molecule has 0 unspecified atom stereocenters. The molecule has 1 saturated heterocycles. The normalized spacial score (nSPS) is 20.4. The molecule has 0 N–H and O–H groups in total. The van der Waals surface area contributed by atoms with Gasteiger partial charge in [0, 0.05) is 0 Å². The van der Waals surface area contributed by atoms with Crippen LogP contribution in [-0.2, 0) is 10.9 Å². The number of hydrogen-bond acceptors (Lipinski definition) is 0. The first-order valence-corrected chi connectivity index (χ1v) is 6.27. The van der Waals surface area contributed by atoms with Gasteiger partial charge in [-0.2, -0.15) is 30.7 Å². The lowest BCUT2D eigenvalue weighted by molar-refractivity contribution is -0.348. The lowest BCUT2D eigenvalue weighted by Crippen LogP contribution is -2.55. The van der Waals surface area contributed by atoms with Crippen LogP contribution in [0.2, 0.25) is 0 Å². The minimum Gasteiger partial charge on any atom is -0.194 e. The van der Waals surface area contributed by atoms with E-state index >= 15 is 0 Å². The van der Waals surface area contributed by atoms with Gasteiger partial charge in [0.05, 0.1) is 0 Å². The molecule has 16 heavy (non-hydrogen) atoms. The Morgan fingerprint density at radius 3 is 1.62 bits per heavy atom. The second-order valence-electron chi connectivity index (χ2n) is 3.65. The molecular formula is C8H10F7S+. The van der Waals surface area contributed by atoms with E-state index in [0.29, 0.717) is 24.3 Å². The molecule has 1 rings (SSSR count). The van der Waals surface area contributed by atoms with Gasteiger partial charge in [0.25, 0.3) is 0 Å². The first-order valence-electron chi connectivity index (χ1n) is 4.54. The van der Waals surface area contributed by atoms with Crippen LogP contribution in [-0.4, -0.2) is 35.3 Å². The van der Waals surface area contributed by atoms with Gasteiger partial charge in [-0.3, -0.25) is 0 Å². The van der Waals surface area contributed by atoms with Crippen molar-refractivity contribution in [1.82, 2.24) is 0 Å². The second-order valence-corrected chi connectivity index (χ2v) is 5.98. The van der Waals surface area contributed by atoms with Crippen molar-refractivity contribution in [3.8, 4) is 0 Å². The van der Waals surface area contributed by atoms with Crippen LogP contribution in [0.15, 0.2) is 0 Å². The van der Waals surface area contributed by atoms with Crippen LogP contribution in [0.3, 0.4) is 0 Å². The molecule has 1 fully saturated rings. The molecule has 0 aromatic carbocycles. The molecule has 0 aliphatic carbocycles. The summed E-state index contributed by atoms with van der Waals surface area (Å²) >= 11 is 0. The summed E-state index contributed by atoms with van der Waals surface area (Å²) in [5.74, 6) is -11.7. The van der Waals surface area contributed by atoms with Crippen LogP contribution in [0, 0.1) is 0 Å². The predicted molar refractivity (Wildman–Crippen MR) is 47.1 cm³/mol. The number of rotatable bonds is 3. The summed E-state index contributed by atoms with van der Waals surface area (Å²) in [4.78, 5) is 0. The molecule has 0 amide bonds. The third kappa shape index (κ3) is 2.57. The van der Waals surface area contributed by atoms with Gasteiger partial charge >= 0.3 is 18.0 Å². The van der Waals surface area contributed by atoms with Gasteiger partial charge in [0.15, 0.2) is 5.75 Å². The summed E-state index contributed by atoms with van der Waals surface area (Å²) in [6, 6.07) is 0. The Bertz CT molecular complexity index is 241. The second kappa shape index (κ2) is 4.27. The van der Waals surface area contributed by atoms with E-state index < -0.39 is 34.7 Å². The Labute approximate surface area is 90.5 Å². The lowest BCUT2D eigenvalue weighted by atomic mass is 10.2. The topological polar surface area (TPSA) is 0 Å². The van der Waals surface area contributed by atoms with E-state index in [-0.39, 0.29) is 0 Å². The lowest BCUT2D eigenvalue weighted by Gasteiger charge is -2.26. The van der Waals surface area contributed by atoms with Crippen molar-refractivity contribution in [2.24, 2.45) is 0 Å². The summed E-state index contributed by atoms with van der Waals surface area (Å²) in [5.41, 5.74) is 0. The Morgan fingerprint density at radius 1 is 0.812 bits per heavy atom. The highest BCUT2D eigenvalue weighted by Gasteiger charge is 2.74. The molecular weight excluding hydrogens is 261 g/mol. The van der Waals surface area contributed by atoms with Gasteiger partial charge in [-0.05, 0) is 23.7 Å². The maximum Gasteiger partial charge on any atom is 0.460 e. The highest BCUT2D eigenvalue weighted by molar-refractivity contribution is 7.97. The van der Waals surface area contributed by atoms with Gasteiger partial charge in [0.1, 0.15) is 11.5 Å². The monoisotopic (exact) mass is 271 g/mol. The van der Waals surface area contributed by atoms with Crippen LogP contribution >= 0.6 is 0 Å². The Balaban J connectivity index is 2.75. The molecule has 96 valence electrons. The van der Waals surface area contributed by atoms with Crippen molar-refractivity contribution in [3.63, 3.8) is 0 Å². The summed E-state index contributed by atoms with van der Waals surface area (Å²) < 4.78 is 86.1. The van der Waals surface area contributed by atoms with Crippen molar-refractivity contribution < 1.29 is 30.7 Å². The SMILES string of the molecule is FC(F)(F)C(F)(F)C(F)(F)C[S+]1CCCC1.